The van der Waals surface area contributed by atoms with Crippen molar-refractivity contribution in [3.63, 3.8) is 0 Å². The number of carbonyl (C=O) groups excluding carboxylic acids is 2. The summed E-state index contributed by atoms with van der Waals surface area (Å²) in [4.78, 5) is 23.4. The largest absolute Gasteiger partial charge is 0.454 e. The van der Waals surface area contributed by atoms with E-state index >= 15 is 0 Å². The van der Waals surface area contributed by atoms with Crippen LogP contribution in [0.5, 0.6) is 5.75 Å². The van der Waals surface area contributed by atoms with Crippen molar-refractivity contribution in [2.45, 2.75) is 58.4 Å². The highest BCUT2D eigenvalue weighted by atomic mass is 19.3. The fraction of sp³-hybridized carbons (Fsp3) is 0.579. The highest BCUT2D eigenvalue weighted by Gasteiger charge is 2.47. The maximum absolute atomic E-state index is 13.2. The second-order valence-corrected chi connectivity index (χ2v) is 7.18. The Labute approximate surface area is 151 Å². The molecular weight excluding hydrogens is 347 g/mol. The first kappa shape index (κ1) is 20.4. The molecule has 1 aliphatic heterocycles. The molecule has 3 atom stereocenters. The number of aryl methyl sites for hydroxylation is 2. The van der Waals surface area contributed by atoms with Crippen molar-refractivity contribution in [2.75, 3.05) is 6.54 Å². The number of halogens is 3. The molecule has 0 aliphatic carbocycles. The number of nitrogens with one attached hydrogen (secondary N) is 1. The van der Waals surface area contributed by atoms with Crippen LogP contribution < -0.4 is 10.1 Å². The SMILES string of the molecule is CCc1cc(OC(F)C(F)F)cc(C)c1C1CNC(C)(C)C1C(=O)C=O. The first-order chi connectivity index (χ1) is 12.1. The summed E-state index contributed by atoms with van der Waals surface area (Å²) in [6.07, 6.45) is -5.02. The number of carbonyl (C=O) groups is 2. The molecule has 0 saturated carbocycles. The van der Waals surface area contributed by atoms with Crippen LogP contribution in [0.1, 0.15) is 43.4 Å². The number of alkyl halides is 3. The third kappa shape index (κ3) is 3.92. The van der Waals surface area contributed by atoms with Gasteiger partial charge in [0.25, 0.3) is 6.36 Å². The lowest BCUT2D eigenvalue weighted by Crippen LogP contribution is -2.42. The van der Waals surface area contributed by atoms with E-state index in [1.165, 1.54) is 12.1 Å². The van der Waals surface area contributed by atoms with Gasteiger partial charge in [-0.2, -0.15) is 4.39 Å². The van der Waals surface area contributed by atoms with Gasteiger partial charge in [0.2, 0.25) is 5.78 Å². The fourth-order valence-electron chi connectivity index (χ4n) is 3.91. The van der Waals surface area contributed by atoms with Crippen molar-refractivity contribution < 1.29 is 27.5 Å². The summed E-state index contributed by atoms with van der Waals surface area (Å²) in [5.41, 5.74) is 1.84. The zero-order valence-corrected chi connectivity index (χ0v) is 15.3. The van der Waals surface area contributed by atoms with E-state index < -0.39 is 30.0 Å². The minimum Gasteiger partial charge on any atom is -0.454 e. The maximum Gasteiger partial charge on any atom is 0.304 e. The Bertz CT molecular complexity index is 691. The Hall–Kier alpha value is -1.89. The lowest BCUT2D eigenvalue weighted by Gasteiger charge is -2.29. The predicted molar refractivity (Wildman–Crippen MR) is 91.5 cm³/mol. The molecule has 1 aromatic carbocycles. The van der Waals surface area contributed by atoms with Crippen LogP contribution in [0.25, 0.3) is 0 Å². The summed E-state index contributed by atoms with van der Waals surface area (Å²) in [5.74, 6) is -1.22. The molecule has 144 valence electrons. The van der Waals surface area contributed by atoms with E-state index in [-0.39, 0.29) is 11.7 Å². The van der Waals surface area contributed by atoms with Gasteiger partial charge < -0.3 is 10.1 Å². The number of hydrogen-bond acceptors (Lipinski definition) is 4. The van der Waals surface area contributed by atoms with Gasteiger partial charge in [-0.3, -0.25) is 9.59 Å². The molecule has 0 amide bonds. The Morgan fingerprint density at radius 3 is 2.58 bits per heavy atom. The third-order valence-electron chi connectivity index (χ3n) is 5.02. The molecule has 1 heterocycles. The van der Waals surface area contributed by atoms with Crippen molar-refractivity contribution >= 4 is 12.1 Å². The molecule has 0 spiro atoms. The zero-order chi connectivity index (χ0) is 19.6. The summed E-state index contributed by atoms with van der Waals surface area (Å²) in [6, 6.07) is 3.03. The number of benzene rings is 1. The van der Waals surface area contributed by atoms with Crippen LogP contribution in [-0.4, -0.2) is 36.9 Å². The monoisotopic (exact) mass is 371 g/mol. The highest BCUT2D eigenvalue weighted by molar-refractivity contribution is 6.26. The average molecular weight is 371 g/mol. The molecule has 2 rings (SSSR count). The molecule has 0 bridgehead atoms. The van der Waals surface area contributed by atoms with Crippen molar-refractivity contribution in [1.29, 1.82) is 0 Å². The summed E-state index contributed by atoms with van der Waals surface area (Å²) in [6.45, 7) is 7.90. The minimum atomic E-state index is -3.23. The van der Waals surface area contributed by atoms with E-state index in [4.69, 9.17) is 4.74 Å². The summed E-state index contributed by atoms with van der Waals surface area (Å²) in [5, 5.41) is 3.28. The van der Waals surface area contributed by atoms with Crippen LogP contribution in [0, 0.1) is 12.8 Å². The van der Waals surface area contributed by atoms with Gasteiger partial charge >= 0.3 is 6.43 Å². The Morgan fingerprint density at radius 2 is 2.04 bits per heavy atom. The van der Waals surface area contributed by atoms with Gasteiger partial charge in [-0.15, -0.1) is 0 Å². The first-order valence-electron chi connectivity index (χ1n) is 8.58. The standard InChI is InChI=1S/C19H24F3NO3/c1-5-11-7-12(26-18(22)17(20)21)6-10(2)15(11)13-8-23-19(3,4)16(13)14(25)9-24/h6-7,9,13,16-18,23H,5,8H2,1-4H3. The van der Waals surface area contributed by atoms with Crippen LogP contribution in [0.3, 0.4) is 0 Å². The molecule has 4 nitrogen and oxygen atoms in total. The molecule has 1 saturated heterocycles. The number of aldehydes is 1. The molecule has 3 unspecified atom stereocenters. The first-order valence-corrected chi connectivity index (χ1v) is 8.58. The second kappa shape index (κ2) is 7.78. The second-order valence-electron chi connectivity index (χ2n) is 7.18. The van der Waals surface area contributed by atoms with Gasteiger partial charge in [0.1, 0.15) is 5.75 Å². The smallest absolute Gasteiger partial charge is 0.304 e. The highest BCUT2D eigenvalue weighted by Crippen LogP contribution is 2.42. The molecule has 26 heavy (non-hydrogen) atoms. The van der Waals surface area contributed by atoms with E-state index in [0.29, 0.717) is 24.8 Å². The van der Waals surface area contributed by atoms with Crippen LogP contribution in [-0.2, 0) is 16.0 Å². The molecule has 1 N–H and O–H groups in total. The molecule has 1 fully saturated rings. The average Bonchev–Trinajstić information content (AvgIpc) is 2.88. The van der Waals surface area contributed by atoms with Gasteiger partial charge in [-0.25, -0.2) is 8.78 Å². The van der Waals surface area contributed by atoms with E-state index in [1.54, 1.807) is 6.92 Å². The van der Waals surface area contributed by atoms with Crippen LogP contribution in [0.15, 0.2) is 12.1 Å². The molecule has 0 radical (unpaired) electrons. The van der Waals surface area contributed by atoms with Gasteiger partial charge in [0, 0.05) is 18.0 Å². The van der Waals surface area contributed by atoms with Gasteiger partial charge in [0.15, 0.2) is 6.29 Å². The Kier molecular flexibility index (Phi) is 6.11. The van der Waals surface area contributed by atoms with Crippen LogP contribution in [0.2, 0.25) is 0 Å². The Morgan fingerprint density at radius 1 is 1.38 bits per heavy atom. The lowest BCUT2D eigenvalue weighted by atomic mass is 9.74. The topological polar surface area (TPSA) is 55.4 Å². The molecule has 0 aromatic heterocycles. The third-order valence-corrected chi connectivity index (χ3v) is 5.02. The number of hydrogen-bond donors (Lipinski definition) is 1. The van der Waals surface area contributed by atoms with Crippen molar-refractivity contribution in [3.05, 3.63) is 28.8 Å². The van der Waals surface area contributed by atoms with Crippen molar-refractivity contribution in [2.24, 2.45) is 5.92 Å². The summed E-state index contributed by atoms with van der Waals surface area (Å²) < 4.78 is 42.7. The number of ketones is 1. The normalized spacial score (nSPS) is 23.1. The summed E-state index contributed by atoms with van der Waals surface area (Å²) in [7, 11) is 0. The predicted octanol–water partition coefficient (Wildman–Crippen LogP) is 3.35. The number of ether oxygens (including phenoxy) is 1. The molecule has 1 aromatic rings. The van der Waals surface area contributed by atoms with Crippen molar-refractivity contribution in [1.82, 2.24) is 5.32 Å². The molecule has 7 heteroatoms. The maximum atomic E-state index is 13.2. The Balaban J connectivity index is 2.46. The van der Waals surface area contributed by atoms with Gasteiger partial charge in [-0.05, 0) is 56.0 Å². The minimum absolute atomic E-state index is 0.0272. The van der Waals surface area contributed by atoms with Crippen LogP contribution >= 0.6 is 0 Å². The summed E-state index contributed by atoms with van der Waals surface area (Å²) >= 11 is 0. The lowest BCUT2D eigenvalue weighted by molar-refractivity contribution is -0.133. The van der Waals surface area contributed by atoms with E-state index in [9.17, 15) is 22.8 Å². The van der Waals surface area contributed by atoms with Crippen molar-refractivity contribution in [3.8, 4) is 5.75 Å². The van der Waals surface area contributed by atoms with Gasteiger partial charge in [0.05, 0.1) is 5.92 Å². The number of Topliss-reactive ketones (excluding diaryl/α,β-unsaturated/α-hetero) is 1. The number of rotatable bonds is 7. The molecule has 1 aliphatic rings. The van der Waals surface area contributed by atoms with E-state index in [2.05, 4.69) is 5.32 Å². The zero-order valence-electron chi connectivity index (χ0n) is 15.3. The quantitative estimate of drug-likeness (QED) is 0.590. The van der Waals surface area contributed by atoms with E-state index in [0.717, 1.165) is 11.1 Å². The fourth-order valence-corrected chi connectivity index (χ4v) is 3.91. The van der Waals surface area contributed by atoms with Crippen LogP contribution in [0.4, 0.5) is 13.2 Å². The molecular formula is C19H24F3NO3. The van der Waals surface area contributed by atoms with Gasteiger partial charge in [-0.1, -0.05) is 6.92 Å². The van der Waals surface area contributed by atoms with E-state index in [1.807, 2.05) is 20.8 Å².